The predicted molar refractivity (Wildman–Crippen MR) is 91.9 cm³/mol. The second-order valence-electron chi connectivity index (χ2n) is 6.27. The van der Waals surface area contributed by atoms with Gasteiger partial charge in [0.25, 0.3) is 0 Å². The van der Waals surface area contributed by atoms with Crippen LogP contribution in [0.4, 0.5) is 0 Å². The fourth-order valence-corrected chi connectivity index (χ4v) is 3.09. The van der Waals surface area contributed by atoms with E-state index in [1.54, 1.807) is 0 Å². The van der Waals surface area contributed by atoms with Crippen molar-refractivity contribution in [3.63, 3.8) is 0 Å². The molecule has 0 radical (unpaired) electrons. The molecule has 0 unspecified atom stereocenters. The number of hydrogen-bond acceptors (Lipinski definition) is 4. The van der Waals surface area contributed by atoms with Gasteiger partial charge in [-0.1, -0.05) is 43.8 Å². The van der Waals surface area contributed by atoms with Crippen LogP contribution in [0.3, 0.4) is 0 Å². The molecule has 1 fully saturated rings. The summed E-state index contributed by atoms with van der Waals surface area (Å²) in [7, 11) is 0. The van der Waals surface area contributed by atoms with Gasteiger partial charge in [-0.3, -0.25) is 9.36 Å². The number of benzene rings is 1. The highest BCUT2D eigenvalue weighted by Gasteiger charge is 2.31. The lowest BCUT2D eigenvalue weighted by Gasteiger charge is -2.10. The van der Waals surface area contributed by atoms with Crippen LogP contribution in [0.25, 0.3) is 5.69 Å². The van der Waals surface area contributed by atoms with Crippen molar-refractivity contribution in [1.82, 2.24) is 20.1 Å². The summed E-state index contributed by atoms with van der Waals surface area (Å²) in [5.74, 6) is 2.38. The van der Waals surface area contributed by atoms with Crippen molar-refractivity contribution in [3.05, 3.63) is 36.2 Å². The Bertz CT molecular complexity index is 664. The number of hydrogen-bond donors (Lipinski definition) is 1. The molecule has 0 aliphatic heterocycles. The van der Waals surface area contributed by atoms with E-state index in [0.717, 1.165) is 16.7 Å². The molecular weight excluding hydrogens is 308 g/mol. The Balaban J connectivity index is 1.73. The zero-order valence-electron chi connectivity index (χ0n) is 13.5. The molecule has 122 valence electrons. The van der Waals surface area contributed by atoms with Crippen LogP contribution < -0.4 is 5.32 Å². The average Bonchev–Trinajstić information content (AvgIpc) is 3.31. The van der Waals surface area contributed by atoms with Gasteiger partial charge in [0.2, 0.25) is 5.91 Å². The van der Waals surface area contributed by atoms with Crippen LogP contribution >= 0.6 is 11.8 Å². The second kappa shape index (κ2) is 7.17. The molecule has 3 rings (SSSR count). The lowest BCUT2D eigenvalue weighted by Crippen LogP contribution is -2.28. The monoisotopic (exact) mass is 330 g/mol. The standard InChI is InChI=1S/C17H22N4OS/c1-12(2)10-18-15(22)11-23-17-20-19-16(13-8-9-13)21(17)14-6-4-3-5-7-14/h3-7,12-13H,8-11H2,1-2H3,(H,18,22). The number of rotatable bonds is 7. The van der Waals surface area contributed by atoms with Crippen LogP contribution in [0.2, 0.25) is 0 Å². The SMILES string of the molecule is CC(C)CNC(=O)CSc1nnc(C2CC2)n1-c1ccccc1. The van der Waals surface area contributed by atoms with Crippen LogP contribution in [0.15, 0.2) is 35.5 Å². The summed E-state index contributed by atoms with van der Waals surface area (Å²) in [5, 5.41) is 12.4. The third kappa shape index (κ3) is 4.13. The third-order valence-corrected chi connectivity index (χ3v) is 4.58. The van der Waals surface area contributed by atoms with E-state index in [0.29, 0.717) is 24.1 Å². The first-order chi connectivity index (χ1) is 11.1. The normalized spacial score (nSPS) is 14.2. The van der Waals surface area contributed by atoms with Gasteiger partial charge in [-0.05, 0) is 30.9 Å². The van der Waals surface area contributed by atoms with E-state index in [1.807, 2.05) is 18.2 Å². The minimum absolute atomic E-state index is 0.0410. The zero-order chi connectivity index (χ0) is 16.2. The Kier molecular flexibility index (Phi) is 5.00. The van der Waals surface area contributed by atoms with Gasteiger partial charge in [0.05, 0.1) is 5.75 Å². The van der Waals surface area contributed by atoms with Gasteiger partial charge in [0.15, 0.2) is 5.16 Å². The first-order valence-electron chi connectivity index (χ1n) is 8.05. The maximum atomic E-state index is 11.9. The van der Waals surface area contributed by atoms with Gasteiger partial charge in [-0.15, -0.1) is 10.2 Å². The summed E-state index contributed by atoms with van der Waals surface area (Å²) in [5.41, 5.74) is 1.06. The largest absolute Gasteiger partial charge is 0.355 e. The lowest BCUT2D eigenvalue weighted by atomic mass is 10.2. The Hall–Kier alpha value is -1.82. The molecule has 1 aliphatic rings. The number of carbonyl (C=O) groups excluding carboxylic acids is 1. The van der Waals surface area contributed by atoms with Crippen molar-refractivity contribution < 1.29 is 4.79 Å². The molecule has 1 aromatic heterocycles. The summed E-state index contributed by atoms with van der Waals surface area (Å²) in [6, 6.07) is 10.1. The quantitative estimate of drug-likeness (QED) is 0.793. The molecule has 1 aliphatic carbocycles. The number of nitrogens with zero attached hydrogens (tertiary/aromatic N) is 3. The number of para-hydroxylation sites is 1. The summed E-state index contributed by atoms with van der Waals surface area (Å²) >= 11 is 1.44. The maximum absolute atomic E-state index is 11.9. The number of aromatic nitrogens is 3. The number of thioether (sulfide) groups is 1. The van der Waals surface area contributed by atoms with E-state index in [1.165, 1.54) is 24.6 Å². The molecule has 0 saturated heterocycles. The molecule has 5 nitrogen and oxygen atoms in total. The first-order valence-corrected chi connectivity index (χ1v) is 9.04. The highest BCUT2D eigenvalue weighted by atomic mass is 32.2. The average molecular weight is 330 g/mol. The molecule has 0 atom stereocenters. The summed E-state index contributed by atoms with van der Waals surface area (Å²) in [6.07, 6.45) is 2.34. The van der Waals surface area contributed by atoms with Gasteiger partial charge in [-0.2, -0.15) is 0 Å². The van der Waals surface area contributed by atoms with E-state index in [9.17, 15) is 4.79 Å². The topological polar surface area (TPSA) is 59.8 Å². The zero-order valence-corrected chi connectivity index (χ0v) is 14.3. The van der Waals surface area contributed by atoms with Crippen molar-refractivity contribution in [2.75, 3.05) is 12.3 Å². The van der Waals surface area contributed by atoms with E-state index in [-0.39, 0.29) is 5.91 Å². The van der Waals surface area contributed by atoms with Gasteiger partial charge in [0.1, 0.15) is 5.82 Å². The molecular formula is C17H22N4OS. The molecule has 6 heteroatoms. The molecule has 0 bridgehead atoms. The molecule has 1 N–H and O–H groups in total. The molecule has 1 aromatic carbocycles. The Labute approximate surface area is 140 Å². The summed E-state index contributed by atoms with van der Waals surface area (Å²) < 4.78 is 2.10. The molecule has 23 heavy (non-hydrogen) atoms. The molecule has 1 saturated carbocycles. The predicted octanol–water partition coefficient (Wildman–Crippen LogP) is 3.01. The third-order valence-electron chi connectivity index (χ3n) is 3.66. The van der Waals surface area contributed by atoms with Crippen molar-refractivity contribution >= 4 is 17.7 Å². The van der Waals surface area contributed by atoms with Crippen LogP contribution in [0.1, 0.15) is 38.4 Å². The Morgan fingerprint density at radius 2 is 2.04 bits per heavy atom. The van der Waals surface area contributed by atoms with Gasteiger partial charge in [0, 0.05) is 18.2 Å². The fraction of sp³-hybridized carbons (Fsp3) is 0.471. The van der Waals surface area contributed by atoms with E-state index in [2.05, 4.69) is 46.1 Å². The van der Waals surface area contributed by atoms with Gasteiger partial charge in [-0.25, -0.2) is 0 Å². The summed E-state index contributed by atoms with van der Waals surface area (Å²) in [4.78, 5) is 11.9. The molecule has 2 aromatic rings. The van der Waals surface area contributed by atoms with Gasteiger partial charge >= 0.3 is 0 Å². The van der Waals surface area contributed by atoms with E-state index < -0.39 is 0 Å². The highest BCUT2D eigenvalue weighted by molar-refractivity contribution is 7.99. The van der Waals surface area contributed by atoms with Crippen molar-refractivity contribution in [3.8, 4) is 5.69 Å². The first kappa shape index (κ1) is 16.1. The number of nitrogens with one attached hydrogen (secondary N) is 1. The second-order valence-corrected chi connectivity index (χ2v) is 7.22. The van der Waals surface area contributed by atoms with Crippen LogP contribution in [0.5, 0.6) is 0 Å². The smallest absolute Gasteiger partial charge is 0.230 e. The van der Waals surface area contributed by atoms with Gasteiger partial charge < -0.3 is 5.32 Å². The Morgan fingerprint density at radius 1 is 1.30 bits per heavy atom. The maximum Gasteiger partial charge on any atom is 0.230 e. The highest BCUT2D eigenvalue weighted by Crippen LogP contribution is 2.41. The van der Waals surface area contributed by atoms with Crippen molar-refractivity contribution in [2.24, 2.45) is 5.92 Å². The molecule has 0 spiro atoms. The molecule has 1 amide bonds. The number of carbonyl (C=O) groups is 1. The van der Waals surface area contributed by atoms with Crippen molar-refractivity contribution in [1.29, 1.82) is 0 Å². The van der Waals surface area contributed by atoms with Crippen LogP contribution in [-0.4, -0.2) is 33.0 Å². The summed E-state index contributed by atoms with van der Waals surface area (Å²) in [6.45, 7) is 4.88. The minimum atomic E-state index is 0.0410. The fourth-order valence-electron chi connectivity index (χ4n) is 2.30. The minimum Gasteiger partial charge on any atom is -0.355 e. The van der Waals surface area contributed by atoms with Crippen LogP contribution in [0, 0.1) is 5.92 Å². The van der Waals surface area contributed by atoms with E-state index >= 15 is 0 Å². The lowest BCUT2D eigenvalue weighted by molar-refractivity contribution is -0.118. The van der Waals surface area contributed by atoms with Crippen molar-refractivity contribution in [2.45, 2.75) is 37.8 Å². The van der Waals surface area contributed by atoms with E-state index in [4.69, 9.17) is 0 Å². The molecule has 1 heterocycles. The Morgan fingerprint density at radius 3 is 2.70 bits per heavy atom. The van der Waals surface area contributed by atoms with Crippen LogP contribution in [-0.2, 0) is 4.79 Å². The number of amides is 1.